The Morgan fingerprint density at radius 1 is 1.26 bits per heavy atom. The Balaban J connectivity index is 1.78. The van der Waals surface area contributed by atoms with Crippen molar-refractivity contribution < 1.29 is 14.7 Å². The van der Waals surface area contributed by atoms with Gasteiger partial charge in [-0.25, -0.2) is 4.79 Å². The first kappa shape index (κ1) is 12.9. The number of hydrogen-bond acceptors (Lipinski definition) is 2. The number of fused-ring (bicyclic) bond motifs is 1. The van der Waals surface area contributed by atoms with E-state index in [1.807, 2.05) is 6.92 Å². The average molecular weight is 265 g/mol. The zero-order valence-electron chi connectivity index (χ0n) is 11.6. The molecule has 3 atom stereocenters. The van der Waals surface area contributed by atoms with Gasteiger partial charge < -0.3 is 10.0 Å². The molecule has 1 heterocycles. The highest BCUT2D eigenvalue weighted by molar-refractivity contribution is 5.90. The molecule has 4 nitrogen and oxygen atoms in total. The largest absolute Gasteiger partial charge is 0.479 e. The third-order valence-corrected chi connectivity index (χ3v) is 5.51. The quantitative estimate of drug-likeness (QED) is 0.848. The van der Waals surface area contributed by atoms with Crippen molar-refractivity contribution >= 4 is 11.9 Å². The van der Waals surface area contributed by atoms with Crippen molar-refractivity contribution in [3.8, 4) is 0 Å². The van der Waals surface area contributed by atoms with Gasteiger partial charge in [0.05, 0.1) is 0 Å². The second-order valence-corrected chi connectivity index (χ2v) is 6.46. The summed E-state index contributed by atoms with van der Waals surface area (Å²) in [5.41, 5.74) is -0.900. The number of carbonyl (C=O) groups excluding carboxylic acids is 1. The van der Waals surface area contributed by atoms with Gasteiger partial charge in [0.2, 0.25) is 5.91 Å². The van der Waals surface area contributed by atoms with Crippen molar-refractivity contribution in [1.82, 2.24) is 4.90 Å². The molecule has 0 spiro atoms. The van der Waals surface area contributed by atoms with E-state index in [2.05, 4.69) is 0 Å². The van der Waals surface area contributed by atoms with Crippen molar-refractivity contribution in [3.63, 3.8) is 0 Å². The Morgan fingerprint density at radius 2 is 1.95 bits per heavy atom. The molecule has 3 unspecified atom stereocenters. The van der Waals surface area contributed by atoms with Crippen LogP contribution in [0.15, 0.2) is 0 Å². The molecule has 3 fully saturated rings. The second kappa shape index (κ2) is 4.50. The van der Waals surface area contributed by atoms with Crippen LogP contribution in [0.25, 0.3) is 0 Å². The van der Waals surface area contributed by atoms with Crippen molar-refractivity contribution in [2.24, 2.45) is 17.8 Å². The van der Waals surface area contributed by atoms with E-state index < -0.39 is 11.5 Å². The molecule has 0 aromatic heterocycles. The first-order chi connectivity index (χ1) is 9.12. The molecule has 19 heavy (non-hydrogen) atoms. The molecule has 0 aromatic carbocycles. The van der Waals surface area contributed by atoms with Gasteiger partial charge in [-0.3, -0.25) is 4.79 Å². The van der Waals surface area contributed by atoms with Crippen LogP contribution in [0, 0.1) is 17.8 Å². The molecule has 1 saturated heterocycles. The molecule has 1 N–H and O–H groups in total. The van der Waals surface area contributed by atoms with Crippen molar-refractivity contribution in [3.05, 3.63) is 0 Å². The fourth-order valence-corrected chi connectivity index (χ4v) is 4.57. The van der Waals surface area contributed by atoms with Gasteiger partial charge in [0.1, 0.15) is 5.54 Å². The SMILES string of the molecule is CCCC1(C(=O)O)CCCN1C(=O)C1C2CCCC21. The lowest BCUT2D eigenvalue weighted by molar-refractivity contribution is -0.158. The van der Waals surface area contributed by atoms with Crippen LogP contribution >= 0.6 is 0 Å². The van der Waals surface area contributed by atoms with Crippen molar-refractivity contribution in [2.75, 3.05) is 6.54 Å². The smallest absolute Gasteiger partial charge is 0.329 e. The number of aliphatic carboxylic acids is 1. The highest BCUT2D eigenvalue weighted by Gasteiger charge is 2.61. The van der Waals surface area contributed by atoms with E-state index >= 15 is 0 Å². The van der Waals surface area contributed by atoms with Gasteiger partial charge in [-0.05, 0) is 43.9 Å². The Kier molecular flexibility index (Phi) is 3.06. The molecule has 1 amide bonds. The van der Waals surface area contributed by atoms with E-state index in [1.165, 1.54) is 19.3 Å². The monoisotopic (exact) mass is 265 g/mol. The van der Waals surface area contributed by atoms with E-state index in [-0.39, 0.29) is 11.8 Å². The Hall–Kier alpha value is -1.06. The normalized spacial score (nSPS) is 40.3. The van der Waals surface area contributed by atoms with Gasteiger partial charge in [0.25, 0.3) is 0 Å². The minimum Gasteiger partial charge on any atom is -0.479 e. The zero-order valence-corrected chi connectivity index (χ0v) is 11.6. The number of carboxylic acids is 1. The summed E-state index contributed by atoms with van der Waals surface area (Å²) in [7, 11) is 0. The van der Waals surface area contributed by atoms with E-state index in [0.29, 0.717) is 31.2 Å². The molecule has 106 valence electrons. The second-order valence-electron chi connectivity index (χ2n) is 6.46. The predicted molar refractivity (Wildman–Crippen MR) is 70.5 cm³/mol. The lowest BCUT2D eigenvalue weighted by Gasteiger charge is -2.35. The van der Waals surface area contributed by atoms with E-state index in [1.54, 1.807) is 4.90 Å². The van der Waals surface area contributed by atoms with Crippen LogP contribution in [-0.2, 0) is 9.59 Å². The molecular weight excluding hydrogens is 242 g/mol. The molecule has 2 aliphatic carbocycles. The molecule has 0 bridgehead atoms. The first-order valence-corrected chi connectivity index (χ1v) is 7.66. The van der Waals surface area contributed by atoms with Crippen molar-refractivity contribution in [1.29, 1.82) is 0 Å². The number of likely N-dealkylation sites (tertiary alicyclic amines) is 1. The number of amides is 1. The number of carbonyl (C=O) groups is 2. The lowest BCUT2D eigenvalue weighted by Crippen LogP contribution is -2.53. The molecule has 4 heteroatoms. The summed E-state index contributed by atoms with van der Waals surface area (Å²) in [6.45, 7) is 2.64. The Morgan fingerprint density at radius 3 is 2.53 bits per heavy atom. The summed E-state index contributed by atoms with van der Waals surface area (Å²) >= 11 is 0. The predicted octanol–water partition coefficient (Wildman–Crippen LogP) is 2.28. The van der Waals surface area contributed by atoms with E-state index in [9.17, 15) is 14.7 Å². The minimum atomic E-state index is -0.900. The summed E-state index contributed by atoms with van der Waals surface area (Å²) in [5, 5.41) is 9.63. The van der Waals surface area contributed by atoms with Crippen LogP contribution in [0.5, 0.6) is 0 Å². The number of rotatable bonds is 4. The van der Waals surface area contributed by atoms with Crippen LogP contribution in [-0.4, -0.2) is 34.0 Å². The molecule has 2 saturated carbocycles. The van der Waals surface area contributed by atoms with Crippen LogP contribution in [0.4, 0.5) is 0 Å². The number of nitrogens with zero attached hydrogens (tertiary/aromatic N) is 1. The summed E-state index contributed by atoms with van der Waals surface area (Å²) in [6.07, 6.45) is 6.46. The van der Waals surface area contributed by atoms with E-state index in [0.717, 1.165) is 12.8 Å². The van der Waals surface area contributed by atoms with Gasteiger partial charge in [-0.1, -0.05) is 19.8 Å². The molecule has 0 radical (unpaired) electrons. The molecule has 3 aliphatic rings. The number of hydrogen-bond donors (Lipinski definition) is 1. The van der Waals surface area contributed by atoms with Gasteiger partial charge in [-0.2, -0.15) is 0 Å². The summed E-state index contributed by atoms with van der Waals surface area (Å²) < 4.78 is 0. The minimum absolute atomic E-state index is 0.142. The highest BCUT2D eigenvalue weighted by Crippen LogP contribution is 2.59. The van der Waals surface area contributed by atoms with Crippen molar-refractivity contribution in [2.45, 2.75) is 57.4 Å². The van der Waals surface area contributed by atoms with Gasteiger partial charge in [-0.15, -0.1) is 0 Å². The third kappa shape index (κ3) is 1.79. The van der Waals surface area contributed by atoms with Crippen LogP contribution in [0.2, 0.25) is 0 Å². The molecule has 3 rings (SSSR count). The maximum absolute atomic E-state index is 12.7. The Labute approximate surface area is 114 Å². The Bertz CT molecular complexity index is 398. The maximum Gasteiger partial charge on any atom is 0.329 e. The van der Waals surface area contributed by atoms with Gasteiger partial charge >= 0.3 is 5.97 Å². The fourth-order valence-electron chi connectivity index (χ4n) is 4.57. The lowest BCUT2D eigenvalue weighted by atomic mass is 9.90. The summed E-state index contributed by atoms with van der Waals surface area (Å²) in [4.78, 5) is 26.1. The summed E-state index contributed by atoms with van der Waals surface area (Å²) in [5.74, 6) is 0.638. The first-order valence-electron chi connectivity index (χ1n) is 7.66. The topological polar surface area (TPSA) is 57.6 Å². The van der Waals surface area contributed by atoms with Crippen LogP contribution in [0.3, 0.4) is 0 Å². The summed E-state index contributed by atoms with van der Waals surface area (Å²) in [6, 6.07) is 0. The van der Waals surface area contributed by atoms with Crippen LogP contribution in [0.1, 0.15) is 51.9 Å². The fraction of sp³-hybridized carbons (Fsp3) is 0.867. The molecular formula is C15H23NO3. The highest BCUT2D eigenvalue weighted by atomic mass is 16.4. The third-order valence-electron chi connectivity index (χ3n) is 5.51. The van der Waals surface area contributed by atoms with Crippen LogP contribution < -0.4 is 0 Å². The van der Waals surface area contributed by atoms with Gasteiger partial charge in [0.15, 0.2) is 0 Å². The van der Waals surface area contributed by atoms with E-state index in [4.69, 9.17) is 0 Å². The maximum atomic E-state index is 12.7. The number of carboxylic acid groups (broad SMARTS) is 1. The zero-order chi connectivity index (χ0) is 13.6. The standard InChI is InChI=1S/C15H23NO3/c1-2-7-15(14(18)19)8-4-9-16(15)13(17)12-10-5-3-6-11(10)12/h10-12H,2-9H2,1H3,(H,18,19). The molecule has 0 aromatic rings. The average Bonchev–Trinajstić information content (AvgIpc) is 2.79. The van der Waals surface area contributed by atoms with Gasteiger partial charge in [0, 0.05) is 12.5 Å². The molecule has 1 aliphatic heterocycles.